The van der Waals surface area contributed by atoms with Crippen molar-refractivity contribution in [3.8, 4) is 11.9 Å². The molecule has 2 aromatic heterocycles. The normalized spacial score (nSPS) is 10.6. The van der Waals surface area contributed by atoms with Crippen LogP contribution in [0.3, 0.4) is 0 Å². The fourth-order valence-electron chi connectivity index (χ4n) is 2.21. The Morgan fingerprint density at radius 1 is 1.23 bits per heavy atom. The van der Waals surface area contributed by atoms with Crippen molar-refractivity contribution in [3.05, 3.63) is 60.4 Å². The van der Waals surface area contributed by atoms with Gasteiger partial charge >= 0.3 is 6.01 Å². The summed E-state index contributed by atoms with van der Waals surface area (Å²) in [5.74, 6) is -0.115. The molecule has 0 spiro atoms. The molecule has 1 N–H and O–H groups in total. The molecule has 0 radical (unpaired) electrons. The van der Waals surface area contributed by atoms with Crippen LogP contribution in [0, 0.1) is 0 Å². The van der Waals surface area contributed by atoms with Crippen molar-refractivity contribution in [2.75, 3.05) is 0 Å². The summed E-state index contributed by atoms with van der Waals surface area (Å²) in [5, 5.41) is 10.5. The van der Waals surface area contributed by atoms with Crippen LogP contribution in [0.1, 0.15) is 18.1 Å². The quantitative estimate of drug-likeness (QED) is 0.799. The number of allylic oxidation sites excluding steroid dienone is 1. The predicted molar refractivity (Wildman–Crippen MR) is 84.5 cm³/mol. The Morgan fingerprint density at radius 3 is 2.86 bits per heavy atom. The van der Waals surface area contributed by atoms with E-state index in [0.29, 0.717) is 17.5 Å². The SMILES string of the molecule is C=C(C)c1ccccc1COc1nc(O)c2ccncc2n1. The van der Waals surface area contributed by atoms with Gasteiger partial charge in [0, 0.05) is 6.20 Å². The summed E-state index contributed by atoms with van der Waals surface area (Å²) in [6.07, 6.45) is 3.14. The number of hydrogen-bond acceptors (Lipinski definition) is 5. The molecule has 0 aliphatic heterocycles. The molecule has 0 atom stereocenters. The van der Waals surface area contributed by atoms with Gasteiger partial charge in [0.05, 0.1) is 17.1 Å². The molecule has 0 aliphatic rings. The summed E-state index contributed by atoms with van der Waals surface area (Å²) in [4.78, 5) is 12.2. The molecule has 2 heterocycles. The fraction of sp³-hybridized carbons (Fsp3) is 0.118. The number of pyridine rings is 1. The third-order valence-corrected chi connectivity index (χ3v) is 3.29. The lowest BCUT2D eigenvalue weighted by Crippen LogP contribution is -2.02. The number of ether oxygens (including phenoxy) is 1. The number of aromatic hydroxyl groups is 1. The zero-order valence-electron chi connectivity index (χ0n) is 12.2. The Balaban J connectivity index is 1.87. The van der Waals surface area contributed by atoms with Gasteiger partial charge in [-0.2, -0.15) is 9.97 Å². The van der Waals surface area contributed by atoms with Crippen molar-refractivity contribution in [2.24, 2.45) is 0 Å². The largest absolute Gasteiger partial charge is 0.493 e. The van der Waals surface area contributed by atoms with Gasteiger partial charge in [0.2, 0.25) is 5.88 Å². The van der Waals surface area contributed by atoms with Gasteiger partial charge in [-0.05, 0) is 24.1 Å². The van der Waals surface area contributed by atoms with E-state index in [0.717, 1.165) is 16.7 Å². The average Bonchev–Trinajstić information content (AvgIpc) is 2.53. The molecule has 5 heteroatoms. The minimum Gasteiger partial charge on any atom is -0.493 e. The molecule has 3 aromatic rings. The number of rotatable bonds is 4. The highest BCUT2D eigenvalue weighted by atomic mass is 16.5. The van der Waals surface area contributed by atoms with Crippen LogP contribution in [0.25, 0.3) is 16.5 Å². The van der Waals surface area contributed by atoms with Crippen molar-refractivity contribution in [2.45, 2.75) is 13.5 Å². The molecular formula is C17H15N3O2. The zero-order valence-corrected chi connectivity index (χ0v) is 12.2. The number of aromatic nitrogens is 3. The molecule has 0 aliphatic carbocycles. The van der Waals surface area contributed by atoms with Gasteiger partial charge in [-0.3, -0.25) is 4.98 Å². The van der Waals surface area contributed by atoms with Crippen molar-refractivity contribution in [1.29, 1.82) is 0 Å². The molecule has 0 bridgehead atoms. The number of hydrogen-bond donors (Lipinski definition) is 1. The van der Waals surface area contributed by atoms with Crippen LogP contribution in [-0.2, 0) is 6.61 Å². The van der Waals surface area contributed by atoms with Gasteiger partial charge in [0.1, 0.15) is 6.61 Å². The monoisotopic (exact) mass is 293 g/mol. The maximum absolute atomic E-state index is 9.92. The standard InChI is InChI=1S/C17H15N3O2/c1-11(2)13-6-4-3-5-12(13)10-22-17-19-15-9-18-8-7-14(15)16(21)20-17/h3-9H,1,10H2,2H3,(H,19,20,21). The van der Waals surface area contributed by atoms with Crippen LogP contribution in [0.5, 0.6) is 11.9 Å². The zero-order chi connectivity index (χ0) is 15.5. The topological polar surface area (TPSA) is 68.1 Å². The van der Waals surface area contributed by atoms with Crippen molar-refractivity contribution in [1.82, 2.24) is 15.0 Å². The first-order chi connectivity index (χ1) is 10.6. The van der Waals surface area contributed by atoms with Gasteiger partial charge < -0.3 is 9.84 Å². The Kier molecular flexibility index (Phi) is 3.70. The number of benzene rings is 1. The Morgan fingerprint density at radius 2 is 2.05 bits per heavy atom. The van der Waals surface area contributed by atoms with Gasteiger partial charge in [-0.15, -0.1) is 0 Å². The van der Waals surface area contributed by atoms with E-state index in [1.165, 1.54) is 0 Å². The van der Waals surface area contributed by atoms with E-state index in [1.807, 2.05) is 31.2 Å². The molecule has 0 fully saturated rings. The van der Waals surface area contributed by atoms with Crippen LogP contribution in [0.2, 0.25) is 0 Å². The molecule has 3 rings (SSSR count). The van der Waals surface area contributed by atoms with Crippen LogP contribution in [0.15, 0.2) is 49.3 Å². The van der Waals surface area contributed by atoms with Gasteiger partial charge in [-0.1, -0.05) is 36.4 Å². The molecule has 110 valence electrons. The summed E-state index contributed by atoms with van der Waals surface area (Å²) in [7, 11) is 0. The maximum Gasteiger partial charge on any atom is 0.320 e. The second kappa shape index (κ2) is 5.81. The summed E-state index contributed by atoms with van der Waals surface area (Å²) < 4.78 is 5.62. The molecule has 1 aromatic carbocycles. The first kappa shape index (κ1) is 14.0. The lowest BCUT2D eigenvalue weighted by Gasteiger charge is -2.10. The highest BCUT2D eigenvalue weighted by Gasteiger charge is 2.09. The van der Waals surface area contributed by atoms with Gasteiger partial charge in [0.15, 0.2) is 0 Å². The fourth-order valence-corrected chi connectivity index (χ4v) is 2.21. The third-order valence-electron chi connectivity index (χ3n) is 3.29. The molecule has 5 nitrogen and oxygen atoms in total. The minimum atomic E-state index is -0.115. The number of nitrogens with zero attached hydrogens (tertiary/aromatic N) is 3. The number of fused-ring (bicyclic) bond motifs is 1. The van der Waals surface area contributed by atoms with E-state index < -0.39 is 0 Å². The smallest absolute Gasteiger partial charge is 0.320 e. The maximum atomic E-state index is 9.92. The lowest BCUT2D eigenvalue weighted by atomic mass is 10.0. The van der Waals surface area contributed by atoms with Gasteiger partial charge in [-0.25, -0.2) is 0 Å². The summed E-state index contributed by atoms with van der Waals surface area (Å²) in [6, 6.07) is 9.63. The summed E-state index contributed by atoms with van der Waals surface area (Å²) in [5.41, 5.74) is 3.53. The minimum absolute atomic E-state index is 0.115. The first-order valence-electron chi connectivity index (χ1n) is 6.82. The van der Waals surface area contributed by atoms with Crippen molar-refractivity contribution >= 4 is 16.5 Å². The molecule has 22 heavy (non-hydrogen) atoms. The van der Waals surface area contributed by atoms with E-state index in [2.05, 4.69) is 21.5 Å². The second-order valence-corrected chi connectivity index (χ2v) is 4.95. The van der Waals surface area contributed by atoms with Gasteiger partial charge in [0.25, 0.3) is 0 Å². The highest BCUT2D eigenvalue weighted by Crippen LogP contribution is 2.24. The summed E-state index contributed by atoms with van der Waals surface area (Å²) in [6.45, 7) is 6.21. The Labute approximate surface area is 128 Å². The lowest BCUT2D eigenvalue weighted by molar-refractivity contribution is 0.277. The van der Waals surface area contributed by atoms with Crippen LogP contribution in [-0.4, -0.2) is 20.1 Å². The Hall–Kier alpha value is -2.95. The van der Waals surface area contributed by atoms with Crippen LogP contribution < -0.4 is 4.74 Å². The van der Waals surface area contributed by atoms with Crippen LogP contribution >= 0.6 is 0 Å². The van der Waals surface area contributed by atoms with E-state index in [-0.39, 0.29) is 11.9 Å². The van der Waals surface area contributed by atoms with Crippen molar-refractivity contribution in [3.63, 3.8) is 0 Å². The van der Waals surface area contributed by atoms with E-state index in [9.17, 15) is 5.11 Å². The van der Waals surface area contributed by atoms with E-state index in [1.54, 1.807) is 18.5 Å². The van der Waals surface area contributed by atoms with Crippen molar-refractivity contribution < 1.29 is 9.84 Å². The Bertz CT molecular complexity index is 846. The second-order valence-electron chi connectivity index (χ2n) is 4.95. The molecule has 0 saturated heterocycles. The molecule has 0 saturated carbocycles. The summed E-state index contributed by atoms with van der Waals surface area (Å²) >= 11 is 0. The first-order valence-corrected chi connectivity index (χ1v) is 6.82. The molecule has 0 amide bonds. The molecular weight excluding hydrogens is 278 g/mol. The third kappa shape index (κ3) is 2.74. The molecule has 0 unspecified atom stereocenters. The van der Waals surface area contributed by atoms with E-state index in [4.69, 9.17) is 4.74 Å². The predicted octanol–water partition coefficient (Wildman–Crippen LogP) is 3.34. The van der Waals surface area contributed by atoms with Crippen LogP contribution in [0.4, 0.5) is 0 Å². The average molecular weight is 293 g/mol. The highest BCUT2D eigenvalue weighted by molar-refractivity contribution is 5.82. The van der Waals surface area contributed by atoms with E-state index >= 15 is 0 Å².